The Kier molecular flexibility index (Phi) is 4.06. The van der Waals surface area contributed by atoms with Gasteiger partial charge in [0.2, 0.25) is 0 Å². The minimum absolute atomic E-state index is 0.108. The third-order valence-corrected chi connectivity index (χ3v) is 3.36. The lowest BCUT2D eigenvalue weighted by Crippen LogP contribution is -2.37. The number of carbonyl (C=O) groups is 2. The van der Waals surface area contributed by atoms with E-state index < -0.39 is 11.8 Å². The zero-order valence-electron chi connectivity index (χ0n) is 10.3. The fourth-order valence-electron chi connectivity index (χ4n) is 1.53. The van der Waals surface area contributed by atoms with Crippen LogP contribution in [0.5, 0.6) is 5.75 Å². The number of benzene rings is 1. The summed E-state index contributed by atoms with van der Waals surface area (Å²) < 4.78 is 0. The molecule has 1 heterocycles. The van der Waals surface area contributed by atoms with E-state index in [0.29, 0.717) is 23.0 Å². The van der Waals surface area contributed by atoms with Gasteiger partial charge in [-0.15, -0.1) is 0 Å². The molecule has 1 aliphatic rings. The highest BCUT2D eigenvalue weighted by Crippen LogP contribution is 2.19. The second-order valence-corrected chi connectivity index (χ2v) is 5.03. The predicted molar refractivity (Wildman–Crippen MR) is 74.4 cm³/mol. The topological polar surface area (TPSA) is 90.8 Å². The average molecular weight is 279 g/mol. The van der Waals surface area contributed by atoms with Crippen LogP contribution in [0.15, 0.2) is 23.2 Å². The number of nitrogens with one attached hydrogen (secondary N) is 2. The number of amides is 2. The maximum Gasteiger partial charge on any atom is 0.315 e. The summed E-state index contributed by atoms with van der Waals surface area (Å²) in [4.78, 5) is 27.3. The number of phenols is 1. The first-order chi connectivity index (χ1) is 9.06. The Labute approximate surface area is 114 Å². The summed E-state index contributed by atoms with van der Waals surface area (Å²) in [7, 11) is 0. The van der Waals surface area contributed by atoms with Crippen LogP contribution in [-0.2, 0) is 9.59 Å². The molecular formula is C12H13N3O3S. The first-order valence-electron chi connectivity index (χ1n) is 5.65. The largest absolute Gasteiger partial charge is 0.508 e. The molecule has 0 unspecified atom stereocenters. The fourth-order valence-corrected chi connectivity index (χ4v) is 2.26. The number of aromatic hydroxyl groups is 1. The number of amidine groups is 1. The predicted octanol–water partition coefficient (Wildman–Crippen LogP) is 0.858. The average Bonchev–Trinajstić information content (AvgIpc) is 2.85. The highest BCUT2D eigenvalue weighted by Gasteiger charge is 2.18. The third kappa shape index (κ3) is 3.47. The number of thioether (sulfide) groups is 1. The van der Waals surface area contributed by atoms with E-state index in [4.69, 9.17) is 0 Å². The van der Waals surface area contributed by atoms with Gasteiger partial charge in [-0.05, 0) is 30.7 Å². The Bertz CT molecular complexity index is 557. The highest BCUT2D eigenvalue weighted by atomic mass is 32.2. The van der Waals surface area contributed by atoms with Crippen molar-refractivity contribution < 1.29 is 14.7 Å². The van der Waals surface area contributed by atoms with E-state index in [2.05, 4.69) is 15.6 Å². The van der Waals surface area contributed by atoms with Crippen molar-refractivity contribution in [2.45, 2.75) is 6.92 Å². The molecule has 0 bridgehead atoms. The molecule has 6 nitrogen and oxygen atoms in total. The molecule has 2 amide bonds. The summed E-state index contributed by atoms with van der Waals surface area (Å²) in [5.41, 5.74) is 1.16. The molecule has 0 saturated carbocycles. The minimum Gasteiger partial charge on any atom is -0.508 e. The van der Waals surface area contributed by atoms with Gasteiger partial charge < -0.3 is 10.4 Å². The fraction of sp³-hybridized carbons (Fsp3) is 0.250. The van der Waals surface area contributed by atoms with Gasteiger partial charge in [-0.2, -0.15) is 0 Å². The molecule has 0 spiro atoms. The lowest BCUT2D eigenvalue weighted by molar-refractivity contribution is -0.135. The smallest absolute Gasteiger partial charge is 0.315 e. The normalized spacial score (nSPS) is 13.8. The van der Waals surface area contributed by atoms with E-state index >= 15 is 0 Å². The molecule has 0 aromatic heterocycles. The second kappa shape index (κ2) is 5.75. The maximum absolute atomic E-state index is 11.7. The van der Waals surface area contributed by atoms with Crippen molar-refractivity contribution in [1.82, 2.24) is 5.32 Å². The van der Waals surface area contributed by atoms with Crippen molar-refractivity contribution in [3.63, 3.8) is 0 Å². The van der Waals surface area contributed by atoms with Crippen LogP contribution in [0.25, 0.3) is 0 Å². The number of aliphatic imine (C=N–C) groups is 1. The first-order valence-corrected chi connectivity index (χ1v) is 6.64. The Morgan fingerprint density at radius 1 is 1.32 bits per heavy atom. The molecule has 100 valence electrons. The van der Waals surface area contributed by atoms with Crippen LogP contribution in [0.2, 0.25) is 0 Å². The lowest BCUT2D eigenvalue weighted by Gasteiger charge is -2.08. The zero-order chi connectivity index (χ0) is 13.8. The van der Waals surface area contributed by atoms with Gasteiger partial charge in [-0.1, -0.05) is 11.8 Å². The van der Waals surface area contributed by atoms with Crippen molar-refractivity contribution in [3.8, 4) is 5.75 Å². The van der Waals surface area contributed by atoms with E-state index in [1.54, 1.807) is 6.92 Å². The molecule has 7 heteroatoms. The summed E-state index contributed by atoms with van der Waals surface area (Å²) in [6.45, 7) is 2.38. The van der Waals surface area contributed by atoms with Crippen LogP contribution in [0.3, 0.4) is 0 Å². The zero-order valence-corrected chi connectivity index (χ0v) is 11.1. The van der Waals surface area contributed by atoms with E-state index in [-0.39, 0.29) is 5.75 Å². The van der Waals surface area contributed by atoms with Crippen LogP contribution in [0.1, 0.15) is 5.56 Å². The van der Waals surface area contributed by atoms with Crippen LogP contribution in [-0.4, -0.2) is 34.4 Å². The first kappa shape index (κ1) is 13.4. The SMILES string of the molecule is Cc1cc(O)ccc1NC(=O)C(=O)NC1=NCCS1. The van der Waals surface area contributed by atoms with Gasteiger partial charge in [-0.25, -0.2) is 0 Å². The highest BCUT2D eigenvalue weighted by molar-refractivity contribution is 8.14. The third-order valence-electron chi connectivity index (χ3n) is 2.47. The molecule has 1 aliphatic heterocycles. The van der Waals surface area contributed by atoms with Gasteiger partial charge in [0.15, 0.2) is 5.17 Å². The summed E-state index contributed by atoms with van der Waals surface area (Å²) in [5.74, 6) is -0.588. The van der Waals surface area contributed by atoms with Gasteiger partial charge >= 0.3 is 11.8 Å². The van der Waals surface area contributed by atoms with Gasteiger partial charge in [0.05, 0.1) is 6.54 Å². The van der Waals surface area contributed by atoms with Gasteiger partial charge in [0.25, 0.3) is 0 Å². The number of rotatable bonds is 1. The number of nitrogens with zero attached hydrogens (tertiary/aromatic N) is 1. The van der Waals surface area contributed by atoms with E-state index in [1.807, 2.05) is 0 Å². The van der Waals surface area contributed by atoms with Crippen LogP contribution >= 0.6 is 11.8 Å². The minimum atomic E-state index is -0.760. The molecule has 19 heavy (non-hydrogen) atoms. The summed E-state index contributed by atoms with van der Waals surface area (Å²) in [6.07, 6.45) is 0. The molecule has 0 saturated heterocycles. The molecule has 0 aliphatic carbocycles. The Morgan fingerprint density at radius 3 is 2.68 bits per heavy atom. The van der Waals surface area contributed by atoms with Crippen molar-refractivity contribution in [2.24, 2.45) is 4.99 Å². The monoisotopic (exact) mass is 279 g/mol. The van der Waals surface area contributed by atoms with Gasteiger partial charge in [0, 0.05) is 11.4 Å². The van der Waals surface area contributed by atoms with Crippen molar-refractivity contribution >= 4 is 34.4 Å². The number of phenolic OH excluding ortho intramolecular Hbond substituents is 1. The van der Waals surface area contributed by atoms with E-state index in [1.165, 1.54) is 30.0 Å². The van der Waals surface area contributed by atoms with Crippen LogP contribution in [0.4, 0.5) is 5.69 Å². The number of anilines is 1. The Balaban J connectivity index is 1.98. The molecule has 1 aromatic carbocycles. The van der Waals surface area contributed by atoms with Crippen molar-refractivity contribution in [1.29, 1.82) is 0 Å². The molecule has 3 N–H and O–H groups in total. The second-order valence-electron chi connectivity index (χ2n) is 3.94. The van der Waals surface area contributed by atoms with E-state index in [0.717, 1.165) is 5.75 Å². The molecular weight excluding hydrogens is 266 g/mol. The Hall–Kier alpha value is -2.02. The van der Waals surface area contributed by atoms with Crippen molar-refractivity contribution in [2.75, 3.05) is 17.6 Å². The number of hydrogen-bond donors (Lipinski definition) is 3. The quantitative estimate of drug-likeness (QED) is 0.525. The van der Waals surface area contributed by atoms with E-state index in [9.17, 15) is 14.7 Å². The van der Waals surface area contributed by atoms with Crippen LogP contribution in [0, 0.1) is 6.92 Å². The molecule has 1 aromatic rings. The Morgan fingerprint density at radius 2 is 2.05 bits per heavy atom. The van der Waals surface area contributed by atoms with Crippen LogP contribution < -0.4 is 10.6 Å². The summed E-state index contributed by atoms with van der Waals surface area (Å²) >= 11 is 1.40. The van der Waals surface area contributed by atoms with Gasteiger partial charge in [0.1, 0.15) is 5.75 Å². The molecule has 0 fully saturated rings. The molecule has 0 atom stereocenters. The van der Waals surface area contributed by atoms with Gasteiger partial charge in [-0.3, -0.25) is 19.9 Å². The van der Waals surface area contributed by atoms with Crippen molar-refractivity contribution in [3.05, 3.63) is 23.8 Å². The lowest BCUT2D eigenvalue weighted by atomic mass is 10.2. The number of aryl methyl sites for hydroxylation is 1. The standard InChI is InChI=1S/C12H13N3O3S/c1-7-6-8(16)2-3-9(7)14-10(17)11(18)15-12-13-4-5-19-12/h2-3,6,16H,4-5H2,1H3,(H,14,17)(H,13,15,18). The molecule has 0 radical (unpaired) electrons. The summed E-state index contributed by atoms with van der Waals surface area (Å²) in [5, 5.41) is 14.7. The summed E-state index contributed by atoms with van der Waals surface area (Å²) in [6, 6.07) is 4.49. The number of hydrogen-bond acceptors (Lipinski definition) is 5. The number of carbonyl (C=O) groups excluding carboxylic acids is 2. The molecule has 2 rings (SSSR count). The maximum atomic E-state index is 11.7.